The minimum atomic E-state index is -4.28. The highest BCUT2D eigenvalue weighted by molar-refractivity contribution is 9.10. The predicted molar refractivity (Wildman–Crippen MR) is 90.5 cm³/mol. The topological polar surface area (TPSA) is 16.1 Å². The Morgan fingerprint density at radius 3 is 2.57 bits per heavy atom. The number of alkyl halides is 3. The molecule has 2 saturated heterocycles. The Balaban J connectivity index is 1.86. The smallest absolute Gasteiger partial charge is 0.288 e. The Labute approximate surface area is 147 Å². The van der Waals surface area contributed by atoms with E-state index in [4.69, 9.17) is 0 Å². The number of likely N-dealkylation sites (tertiary alicyclic amines) is 1. The van der Waals surface area contributed by atoms with Crippen LogP contribution in [0.1, 0.15) is 37.3 Å². The average molecular weight is 409 g/mol. The van der Waals surface area contributed by atoms with Crippen molar-refractivity contribution in [2.24, 2.45) is 5.41 Å². The van der Waals surface area contributed by atoms with Gasteiger partial charge in [0.05, 0.1) is 0 Å². The molecule has 0 saturated carbocycles. The molecule has 1 aromatic rings. The van der Waals surface area contributed by atoms with Gasteiger partial charge in [0, 0.05) is 12.7 Å². The molecule has 1 spiro atoms. The summed E-state index contributed by atoms with van der Waals surface area (Å²) in [5.41, 5.74) is 0.318. The molecule has 3 heterocycles. The fourth-order valence-electron chi connectivity index (χ4n) is 3.83. The SMILES string of the molecule is FC(F)(F)C(c1ccc(Br)nc1)N1CCCC2(CCSCC2)C1. The first-order chi connectivity index (χ1) is 10.9. The summed E-state index contributed by atoms with van der Waals surface area (Å²) in [7, 11) is 0. The monoisotopic (exact) mass is 408 g/mol. The molecule has 1 unspecified atom stereocenters. The van der Waals surface area contributed by atoms with Gasteiger partial charge in [0.1, 0.15) is 10.6 Å². The van der Waals surface area contributed by atoms with Crippen LogP contribution in [0.15, 0.2) is 22.9 Å². The number of pyridine rings is 1. The maximum Gasteiger partial charge on any atom is 0.408 e. The molecular weight excluding hydrogens is 389 g/mol. The van der Waals surface area contributed by atoms with Crippen LogP contribution in [0.5, 0.6) is 0 Å². The Kier molecular flexibility index (Phi) is 5.28. The second-order valence-corrected chi connectivity index (χ2v) is 8.58. The Morgan fingerprint density at radius 1 is 1.22 bits per heavy atom. The van der Waals surface area contributed by atoms with Gasteiger partial charge in [-0.2, -0.15) is 24.9 Å². The number of nitrogens with zero attached hydrogens (tertiary/aromatic N) is 2. The van der Waals surface area contributed by atoms with Crippen LogP contribution in [0.2, 0.25) is 0 Å². The van der Waals surface area contributed by atoms with Gasteiger partial charge in [-0.3, -0.25) is 4.90 Å². The van der Waals surface area contributed by atoms with E-state index in [1.54, 1.807) is 11.0 Å². The maximum absolute atomic E-state index is 13.8. The summed E-state index contributed by atoms with van der Waals surface area (Å²) in [4.78, 5) is 5.64. The third-order valence-electron chi connectivity index (χ3n) is 4.99. The fourth-order valence-corrected chi connectivity index (χ4v) is 5.43. The van der Waals surface area contributed by atoms with Crippen molar-refractivity contribution in [3.05, 3.63) is 28.5 Å². The summed E-state index contributed by atoms with van der Waals surface area (Å²) < 4.78 is 41.8. The van der Waals surface area contributed by atoms with Crippen molar-refractivity contribution in [2.75, 3.05) is 24.6 Å². The van der Waals surface area contributed by atoms with Crippen LogP contribution < -0.4 is 0 Å². The van der Waals surface area contributed by atoms with Crippen LogP contribution in [0.25, 0.3) is 0 Å². The number of rotatable bonds is 2. The summed E-state index contributed by atoms with van der Waals surface area (Å²) in [5, 5.41) is 0. The first-order valence-electron chi connectivity index (χ1n) is 7.90. The molecule has 0 aliphatic carbocycles. The van der Waals surface area contributed by atoms with Crippen molar-refractivity contribution in [1.82, 2.24) is 9.88 Å². The lowest BCUT2D eigenvalue weighted by atomic mass is 9.74. The van der Waals surface area contributed by atoms with Crippen molar-refractivity contribution < 1.29 is 13.2 Å². The van der Waals surface area contributed by atoms with Gasteiger partial charge < -0.3 is 0 Å². The zero-order chi connectivity index (χ0) is 16.5. The normalized spacial score (nSPS) is 23.8. The van der Waals surface area contributed by atoms with E-state index in [1.807, 2.05) is 11.8 Å². The predicted octanol–water partition coefficient (Wildman–Crippen LogP) is 5.06. The summed E-state index contributed by atoms with van der Waals surface area (Å²) >= 11 is 5.11. The Hall–Kier alpha value is -0.270. The maximum atomic E-state index is 13.8. The van der Waals surface area contributed by atoms with Crippen LogP contribution in [-0.2, 0) is 0 Å². The number of halogens is 4. The van der Waals surface area contributed by atoms with Crippen LogP contribution in [0, 0.1) is 5.41 Å². The van der Waals surface area contributed by atoms with Gasteiger partial charge in [-0.05, 0) is 76.7 Å². The van der Waals surface area contributed by atoms with Gasteiger partial charge in [0.25, 0.3) is 0 Å². The molecule has 2 fully saturated rings. The lowest BCUT2D eigenvalue weighted by molar-refractivity contribution is -0.194. The largest absolute Gasteiger partial charge is 0.408 e. The number of thioether (sulfide) groups is 1. The standard InChI is InChI=1S/C16H20BrF3N2S/c17-13-3-2-12(10-21-13)14(16(18,19)20)22-7-1-4-15(11-22)5-8-23-9-6-15/h2-3,10,14H,1,4-9,11H2. The highest BCUT2D eigenvalue weighted by atomic mass is 79.9. The quantitative estimate of drug-likeness (QED) is 0.636. The van der Waals surface area contributed by atoms with Gasteiger partial charge in [-0.25, -0.2) is 4.98 Å². The molecule has 2 aliphatic rings. The van der Waals surface area contributed by atoms with Crippen molar-refractivity contribution in [3.63, 3.8) is 0 Å². The van der Waals surface area contributed by atoms with Crippen LogP contribution in [0.4, 0.5) is 13.2 Å². The molecule has 0 amide bonds. The molecule has 7 heteroatoms. The van der Waals surface area contributed by atoms with Crippen molar-refractivity contribution in [1.29, 1.82) is 0 Å². The molecule has 0 aromatic carbocycles. The van der Waals surface area contributed by atoms with E-state index >= 15 is 0 Å². The second-order valence-electron chi connectivity index (χ2n) is 6.54. The zero-order valence-corrected chi connectivity index (χ0v) is 15.2. The molecule has 1 atom stereocenters. The van der Waals surface area contributed by atoms with Gasteiger partial charge in [-0.15, -0.1) is 0 Å². The molecule has 0 radical (unpaired) electrons. The van der Waals surface area contributed by atoms with Crippen LogP contribution >= 0.6 is 27.7 Å². The van der Waals surface area contributed by atoms with E-state index in [0.717, 1.165) is 37.2 Å². The lowest BCUT2D eigenvalue weighted by Gasteiger charge is -2.47. The van der Waals surface area contributed by atoms with Crippen molar-refractivity contribution in [3.8, 4) is 0 Å². The summed E-state index contributed by atoms with van der Waals surface area (Å²) in [6.07, 6.45) is 1.06. The van der Waals surface area contributed by atoms with E-state index in [9.17, 15) is 13.2 Å². The van der Waals surface area contributed by atoms with Gasteiger partial charge >= 0.3 is 6.18 Å². The molecule has 1 aromatic heterocycles. The van der Waals surface area contributed by atoms with Gasteiger partial charge in [0.15, 0.2) is 0 Å². The summed E-state index contributed by atoms with van der Waals surface area (Å²) in [6.45, 7) is 1.06. The fraction of sp³-hybridized carbons (Fsp3) is 0.688. The van der Waals surface area contributed by atoms with E-state index in [-0.39, 0.29) is 11.0 Å². The Bertz CT molecular complexity index is 524. The second kappa shape index (κ2) is 6.92. The molecule has 23 heavy (non-hydrogen) atoms. The molecule has 0 N–H and O–H groups in total. The molecule has 3 rings (SSSR count). The van der Waals surface area contributed by atoms with E-state index in [2.05, 4.69) is 20.9 Å². The number of hydrogen-bond acceptors (Lipinski definition) is 3. The highest BCUT2D eigenvalue weighted by Gasteiger charge is 2.48. The molecule has 2 aliphatic heterocycles. The summed E-state index contributed by atoms with van der Waals surface area (Å²) in [5.74, 6) is 2.15. The van der Waals surface area contributed by atoms with Crippen molar-refractivity contribution >= 4 is 27.7 Å². The third-order valence-corrected chi connectivity index (χ3v) is 6.44. The highest BCUT2D eigenvalue weighted by Crippen LogP contribution is 2.47. The molecule has 0 bridgehead atoms. The molecular formula is C16H20BrF3N2S. The summed E-state index contributed by atoms with van der Waals surface area (Å²) in [6, 6.07) is 1.58. The van der Waals surface area contributed by atoms with Crippen LogP contribution in [0.3, 0.4) is 0 Å². The van der Waals surface area contributed by atoms with E-state index < -0.39 is 12.2 Å². The molecule has 128 valence electrons. The van der Waals surface area contributed by atoms with E-state index in [1.165, 1.54) is 12.3 Å². The minimum Gasteiger partial charge on any atom is -0.288 e. The van der Waals surface area contributed by atoms with E-state index in [0.29, 0.717) is 17.7 Å². The average Bonchev–Trinajstić information content (AvgIpc) is 2.49. The van der Waals surface area contributed by atoms with Gasteiger partial charge in [0.2, 0.25) is 0 Å². The number of aromatic nitrogens is 1. The number of hydrogen-bond donors (Lipinski definition) is 0. The van der Waals surface area contributed by atoms with Crippen LogP contribution in [-0.4, -0.2) is 40.7 Å². The first kappa shape index (κ1) is 17.5. The molecule has 2 nitrogen and oxygen atoms in total. The van der Waals surface area contributed by atoms with Crippen molar-refractivity contribution in [2.45, 2.75) is 37.9 Å². The lowest BCUT2D eigenvalue weighted by Crippen LogP contribution is -2.49. The third kappa shape index (κ3) is 4.04. The minimum absolute atomic E-state index is 0.0792. The first-order valence-corrected chi connectivity index (χ1v) is 9.84. The number of piperidine rings is 1. The Morgan fingerprint density at radius 2 is 1.96 bits per heavy atom. The zero-order valence-electron chi connectivity index (χ0n) is 12.8. The van der Waals surface area contributed by atoms with Gasteiger partial charge in [-0.1, -0.05) is 6.07 Å².